The zero-order chi connectivity index (χ0) is 11.4. The molecule has 3 heteroatoms. The maximum Gasteiger partial charge on any atom is 0.0917 e. The molecule has 3 nitrogen and oxygen atoms in total. The lowest BCUT2D eigenvalue weighted by Gasteiger charge is -2.15. The first-order valence-corrected chi connectivity index (χ1v) is 5.79. The summed E-state index contributed by atoms with van der Waals surface area (Å²) in [4.78, 5) is 0. The standard InChI is InChI=1S/C13H19NO2/c1-16-9-10-4-2-3-5-12(10)13(15)8-14-11-6-7-11/h2-5,11,13-15H,6-9H2,1H3. The fraction of sp³-hybridized carbons (Fsp3) is 0.538. The Labute approximate surface area is 96.4 Å². The third kappa shape index (κ3) is 3.04. The van der Waals surface area contributed by atoms with E-state index in [9.17, 15) is 5.11 Å². The Morgan fingerprint density at radius 2 is 2.19 bits per heavy atom. The number of methoxy groups -OCH3 is 1. The minimum Gasteiger partial charge on any atom is -0.387 e. The summed E-state index contributed by atoms with van der Waals surface area (Å²) in [5, 5.41) is 13.4. The van der Waals surface area contributed by atoms with Crippen molar-refractivity contribution >= 4 is 0 Å². The molecular formula is C13H19NO2. The van der Waals surface area contributed by atoms with Gasteiger partial charge in [-0.2, -0.15) is 0 Å². The topological polar surface area (TPSA) is 41.5 Å². The highest BCUT2D eigenvalue weighted by Crippen LogP contribution is 2.22. The fourth-order valence-electron chi connectivity index (χ4n) is 1.82. The van der Waals surface area contributed by atoms with Gasteiger partial charge in [0.15, 0.2) is 0 Å². The predicted octanol–water partition coefficient (Wildman–Crippen LogP) is 1.62. The second kappa shape index (κ2) is 5.43. The van der Waals surface area contributed by atoms with Crippen molar-refractivity contribution in [2.75, 3.05) is 13.7 Å². The highest BCUT2D eigenvalue weighted by molar-refractivity contribution is 5.28. The Bertz CT molecular complexity index is 336. The quantitative estimate of drug-likeness (QED) is 0.767. The molecule has 16 heavy (non-hydrogen) atoms. The average Bonchev–Trinajstić information content (AvgIpc) is 3.11. The van der Waals surface area contributed by atoms with E-state index >= 15 is 0 Å². The monoisotopic (exact) mass is 221 g/mol. The zero-order valence-electron chi connectivity index (χ0n) is 9.65. The molecule has 1 saturated carbocycles. The van der Waals surface area contributed by atoms with E-state index in [4.69, 9.17) is 4.74 Å². The molecule has 2 N–H and O–H groups in total. The van der Waals surface area contributed by atoms with E-state index in [-0.39, 0.29) is 0 Å². The number of benzene rings is 1. The van der Waals surface area contributed by atoms with Crippen LogP contribution in [0.5, 0.6) is 0 Å². The molecule has 1 atom stereocenters. The summed E-state index contributed by atoms with van der Waals surface area (Å²) in [6.45, 7) is 1.18. The van der Waals surface area contributed by atoms with Gasteiger partial charge in [0.1, 0.15) is 0 Å². The molecule has 0 amide bonds. The van der Waals surface area contributed by atoms with Gasteiger partial charge in [-0.1, -0.05) is 24.3 Å². The molecule has 1 fully saturated rings. The van der Waals surface area contributed by atoms with Gasteiger partial charge in [-0.25, -0.2) is 0 Å². The van der Waals surface area contributed by atoms with E-state index in [1.165, 1.54) is 12.8 Å². The summed E-state index contributed by atoms with van der Waals surface area (Å²) in [7, 11) is 1.67. The first-order chi connectivity index (χ1) is 7.81. The number of nitrogens with one attached hydrogen (secondary N) is 1. The minimum absolute atomic E-state index is 0.438. The van der Waals surface area contributed by atoms with E-state index in [0.29, 0.717) is 19.2 Å². The van der Waals surface area contributed by atoms with Gasteiger partial charge in [-0.15, -0.1) is 0 Å². The predicted molar refractivity (Wildman–Crippen MR) is 63.1 cm³/mol. The van der Waals surface area contributed by atoms with Crippen LogP contribution in [0.4, 0.5) is 0 Å². The molecule has 88 valence electrons. The van der Waals surface area contributed by atoms with Crippen LogP contribution in [0.15, 0.2) is 24.3 Å². The second-order valence-corrected chi connectivity index (χ2v) is 4.33. The van der Waals surface area contributed by atoms with Crippen molar-refractivity contribution in [3.63, 3.8) is 0 Å². The van der Waals surface area contributed by atoms with Crippen molar-refractivity contribution in [1.82, 2.24) is 5.32 Å². The molecule has 1 unspecified atom stereocenters. The highest BCUT2D eigenvalue weighted by Gasteiger charge is 2.22. The lowest BCUT2D eigenvalue weighted by Crippen LogP contribution is -2.24. The molecule has 0 aromatic heterocycles. The van der Waals surface area contributed by atoms with Crippen LogP contribution >= 0.6 is 0 Å². The largest absolute Gasteiger partial charge is 0.387 e. The first-order valence-electron chi connectivity index (χ1n) is 5.79. The van der Waals surface area contributed by atoms with Crippen LogP contribution in [0, 0.1) is 0 Å². The first kappa shape index (κ1) is 11.6. The Balaban J connectivity index is 1.98. The molecule has 1 aliphatic rings. The Morgan fingerprint density at radius 3 is 2.88 bits per heavy atom. The molecule has 1 aromatic rings. The van der Waals surface area contributed by atoms with Gasteiger partial charge in [0.05, 0.1) is 12.7 Å². The molecule has 0 aliphatic heterocycles. The summed E-state index contributed by atoms with van der Waals surface area (Å²) >= 11 is 0. The van der Waals surface area contributed by atoms with E-state index in [1.54, 1.807) is 7.11 Å². The van der Waals surface area contributed by atoms with Crippen molar-refractivity contribution in [1.29, 1.82) is 0 Å². The maximum absolute atomic E-state index is 10.1. The van der Waals surface area contributed by atoms with Crippen LogP contribution in [0.25, 0.3) is 0 Å². The van der Waals surface area contributed by atoms with Crippen molar-refractivity contribution in [2.45, 2.75) is 31.6 Å². The smallest absolute Gasteiger partial charge is 0.0917 e. The van der Waals surface area contributed by atoms with Crippen molar-refractivity contribution in [3.8, 4) is 0 Å². The van der Waals surface area contributed by atoms with Crippen LogP contribution in [0.2, 0.25) is 0 Å². The summed E-state index contributed by atoms with van der Waals surface area (Å²) in [5.74, 6) is 0. The summed E-state index contributed by atoms with van der Waals surface area (Å²) in [6.07, 6.45) is 2.05. The van der Waals surface area contributed by atoms with Crippen molar-refractivity contribution in [3.05, 3.63) is 35.4 Å². The lowest BCUT2D eigenvalue weighted by atomic mass is 10.0. The zero-order valence-corrected chi connectivity index (χ0v) is 9.65. The molecular weight excluding hydrogens is 202 g/mol. The van der Waals surface area contributed by atoms with Gasteiger partial charge in [0.2, 0.25) is 0 Å². The van der Waals surface area contributed by atoms with Crippen molar-refractivity contribution < 1.29 is 9.84 Å². The summed E-state index contributed by atoms with van der Waals surface area (Å²) in [5.41, 5.74) is 2.03. The van der Waals surface area contributed by atoms with Gasteiger partial charge >= 0.3 is 0 Å². The molecule has 0 radical (unpaired) electrons. The SMILES string of the molecule is COCc1ccccc1C(O)CNC1CC1. The van der Waals surface area contributed by atoms with Gasteiger partial charge in [0, 0.05) is 19.7 Å². The van der Waals surface area contributed by atoms with Gasteiger partial charge in [-0.3, -0.25) is 0 Å². The molecule has 0 heterocycles. The Morgan fingerprint density at radius 1 is 1.44 bits per heavy atom. The van der Waals surface area contributed by atoms with E-state index in [0.717, 1.165) is 11.1 Å². The number of ether oxygens (including phenoxy) is 1. The third-order valence-corrected chi connectivity index (χ3v) is 2.89. The normalized spacial score (nSPS) is 17.4. The second-order valence-electron chi connectivity index (χ2n) is 4.33. The lowest BCUT2D eigenvalue weighted by molar-refractivity contribution is 0.159. The molecule has 1 aromatic carbocycles. The maximum atomic E-state index is 10.1. The van der Waals surface area contributed by atoms with E-state index in [2.05, 4.69) is 5.32 Å². The van der Waals surface area contributed by atoms with Crippen LogP contribution in [0.1, 0.15) is 30.1 Å². The minimum atomic E-state index is -0.438. The number of aliphatic hydroxyl groups is 1. The fourth-order valence-corrected chi connectivity index (χ4v) is 1.82. The molecule has 2 rings (SSSR count). The number of aliphatic hydroxyl groups excluding tert-OH is 1. The Hall–Kier alpha value is -0.900. The van der Waals surface area contributed by atoms with Crippen LogP contribution in [-0.2, 0) is 11.3 Å². The number of hydrogen-bond donors (Lipinski definition) is 2. The molecule has 0 bridgehead atoms. The summed E-state index contributed by atoms with van der Waals surface area (Å²) < 4.78 is 5.13. The molecule has 1 aliphatic carbocycles. The van der Waals surface area contributed by atoms with E-state index in [1.807, 2.05) is 24.3 Å². The van der Waals surface area contributed by atoms with Crippen LogP contribution < -0.4 is 5.32 Å². The van der Waals surface area contributed by atoms with Gasteiger partial charge in [-0.05, 0) is 24.0 Å². The van der Waals surface area contributed by atoms with Crippen LogP contribution in [0.3, 0.4) is 0 Å². The van der Waals surface area contributed by atoms with Crippen molar-refractivity contribution in [2.24, 2.45) is 0 Å². The number of rotatable bonds is 6. The molecule has 0 spiro atoms. The number of hydrogen-bond acceptors (Lipinski definition) is 3. The van der Waals surface area contributed by atoms with E-state index < -0.39 is 6.10 Å². The van der Waals surface area contributed by atoms with Gasteiger partial charge in [0.25, 0.3) is 0 Å². The van der Waals surface area contributed by atoms with Gasteiger partial charge < -0.3 is 15.2 Å². The van der Waals surface area contributed by atoms with Crippen LogP contribution in [-0.4, -0.2) is 24.8 Å². The Kier molecular flexibility index (Phi) is 3.93. The third-order valence-electron chi connectivity index (χ3n) is 2.89. The molecule has 0 saturated heterocycles. The highest BCUT2D eigenvalue weighted by atomic mass is 16.5. The summed E-state index contributed by atoms with van der Waals surface area (Å²) in [6, 6.07) is 8.52. The average molecular weight is 221 g/mol.